The summed E-state index contributed by atoms with van der Waals surface area (Å²) in [4.78, 5) is 0. The lowest BCUT2D eigenvalue weighted by Crippen LogP contribution is -1.99. The molecule has 0 radical (unpaired) electrons. The number of fused-ring (bicyclic) bond motifs is 1. The summed E-state index contributed by atoms with van der Waals surface area (Å²) < 4.78 is 6.61. The summed E-state index contributed by atoms with van der Waals surface area (Å²) in [6.45, 7) is 2.70. The molecule has 0 atom stereocenters. The quantitative estimate of drug-likeness (QED) is 0.648. The Morgan fingerprint density at radius 1 is 1.20 bits per heavy atom. The number of rotatable bonds is 3. The number of aryl methyl sites for hydroxylation is 1. The number of hydrogen-bond donors (Lipinski definition) is 1. The van der Waals surface area contributed by atoms with Gasteiger partial charge in [0.05, 0.1) is 0 Å². The summed E-state index contributed by atoms with van der Waals surface area (Å²) in [5, 5.41) is 4.89. The summed E-state index contributed by atoms with van der Waals surface area (Å²) in [6, 6.07) is 14.1. The van der Waals surface area contributed by atoms with Crippen molar-refractivity contribution >= 4 is 44.2 Å². The Kier molecular flexibility index (Phi) is 3.72. The number of furan rings is 1. The predicted octanol–water partition coefficient (Wildman–Crippen LogP) is 5.77. The summed E-state index contributed by atoms with van der Waals surface area (Å²) >= 11 is 9.68. The second-order valence-corrected chi connectivity index (χ2v) is 5.98. The van der Waals surface area contributed by atoms with Crippen LogP contribution in [0.3, 0.4) is 0 Å². The Morgan fingerprint density at radius 2 is 2.00 bits per heavy atom. The molecule has 1 heterocycles. The molecule has 0 aliphatic heterocycles. The van der Waals surface area contributed by atoms with Gasteiger partial charge in [-0.05, 0) is 48.4 Å². The van der Waals surface area contributed by atoms with Crippen molar-refractivity contribution in [3.05, 3.63) is 63.3 Å². The topological polar surface area (TPSA) is 25.2 Å². The zero-order chi connectivity index (χ0) is 14.1. The first-order valence-electron chi connectivity index (χ1n) is 6.30. The maximum Gasteiger partial charge on any atom is 0.199 e. The van der Waals surface area contributed by atoms with Crippen molar-refractivity contribution in [2.45, 2.75) is 13.5 Å². The van der Waals surface area contributed by atoms with Crippen LogP contribution in [0.2, 0.25) is 5.22 Å². The fourth-order valence-electron chi connectivity index (χ4n) is 2.26. The molecule has 3 rings (SSSR count). The molecule has 3 aromatic rings. The van der Waals surface area contributed by atoms with Crippen molar-refractivity contribution in [2.24, 2.45) is 0 Å². The largest absolute Gasteiger partial charge is 0.444 e. The smallest absolute Gasteiger partial charge is 0.199 e. The molecule has 0 saturated carbocycles. The third-order valence-corrected chi connectivity index (χ3v) is 3.92. The number of benzene rings is 2. The van der Waals surface area contributed by atoms with E-state index >= 15 is 0 Å². The van der Waals surface area contributed by atoms with Crippen molar-refractivity contribution in [3.8, 4) is 0 Å². The molecule has 0 saturated heterocycles. The minimum Gasteiger partial charge on any atom is -0.444 e. The molecular formula is C16H13BrClNO. The summed E-state index contributed by atoms with van der Waals surface area (Å²) in [5.41, 5.74) is 4.06. The van der Waals surface area contributed by atoms with E-state index in [1.807, 2.05) is 30.3 Å². The van der Waals surface area contributed by atoms with Crippen molar-refractivity contribution in [3.63, 3.8) is 0 Å². The van der Waals surface area contributed by atoms with E-state index in [2.05, 4.69) is 40.3 Å². The summed E-state index contributed by atoms with van der Waals surface area (Å²) in [7, 11) is 0. The monoisotopic (exact) mass is 349 g/mol. The number of anilines is 1. The van der Waals surface area contributed by atoms with Gasteiger partial charge in [0.1, 0.15) is 5.58 Å². The lowest BCUT2D eigenvalue weighted by Gasteiger charge is -2.07. The molecule has 0 fully saturated rings. The number of nitrogens with one attached hydrogen (secondary N) is 1. The molecule has 0 bridgehead atoms. The van der Waals surface area contributed by atoms with Gasteiger partial charge in [0, 0.05) is 27.7 Å². The third-order valence-electron chi connectivity index (χ3n) is 3.16. The second kappa shape index (κ2) is 5.51. The van der Waals surface area contributed by atoms with Gasteiger partial charge >= 0.3 is 0 Å². The van der Waals surface area contributed by atoms with Gasteiger partial charge in [-0.2, -0.15) is 0 Å². The van der Waals surface area contributed by atoms with Crippen molar-refractivity contribution in [2.75, 3.05) is 5.32 Å². The minimum atomic E-state index is 0.449. The molecule has 0 amide bonds. The van der Waals surface area contributed by atoms with Crippen molar-refractivity contribution < 1.29 is 4.42 Å². The van der Waals surface area contributed by atoms with Crippen LogP contribution in [0.5, 0.6) is 0 Å². The number of hydrogen-bond acceptors (Lipinski definition) is 2. The summed E-state index contributed by atoms with van der Waals surface area (Å²) in [5.74, 6) is 0. The van der Waals surface area contributed by atoms with E-state index in [1.165, 1.54) is 5.56 Å². The fourth-order valence-corrected chi connectivity index (χ4v) is 3.12. The van der Waals surface area contributed by atoms with Crippen LogP contribution in [0.25, 0.3) is 11.0 Å². The standard InChI is InChI=1S/C16H13BrClNO/c1-10-6-11(17)8-12(7-10)19-9-14-13-4-2-3-5-15(13)20-16(14)18/h2-8,19H,9H2,1H3. The Balaban J connectivity index is 1.88. The van der Waals surface area contributed by atoms with Crippen LogP contribution in [0.15, 0.2) is 51.4 Å². The first kappa shape index (κ1) is 13.5. The van der Waals surface area contributed by atoms with E-state index in [4.69, 9.17) is 16.0 Å². The normalized spacial score (nSPS) is 10.9. The Hall–Kier alpha value is -1.45. The highest BCUT2D eigenvalue weighted by molar-refractivity contribution is 9.10. The molecule has 1 N–H and O–H groups in total. The minimum absolute atomic E-state index is 0.449. The zero-order valence-corrected chi connectivity index (χ0v) is 13.3. The van der Waals surface area contributed by atoms with Gasteiger partial charge in [-0.15, -0.1) is 0 Å². The number of para-hydroxylation sites is 1. The van der Waals surface area contributed by atoms with Gasteiger partial charge in [-0.1, -0.05) is 34.1 Å². The van der Waals surface area contributed by atoms with Gasteiger partial charge in [0.25, 0.3) is 0 Å². The highest BCUT2D eigenvalue weighted by Crippen LogP contribution is 2.30. The molecule has 2 aromatic carbocycles. The van der Waals surface area contributed by atoms with Crippen molar-refractivity contribution in [1.29, 1.82) is 0 Å². The first-order valence-corrected chi connectivity index (χ1v) is 7.47. The molecule has 102 valence electrons. The van der Waals surface area contributed by atoms with Gasteiger partial charge in [0.15, 0.2) is 5.22 Å². The van der Waals surface area contributed by atoms with Gasteiger partial charge in [-0.25, -0.2) is 0 Å². The molecule has 0 unspecified atom stereocenters. The molecule has 1 aromatic heterocycles. The van der Waals surface area contributed by atoms with E-state index in [0.29, 0.717) is 11.8 Å². The Bertz CT molecular complexity index is 746. The van der Waals surface area contributed by atoms with Crippen LogP contribution in [0, 0.1) is 6.92 Å². The highest BCUT2D eigenvalue weighted by Gasteiger charge is 2.11. The second-order valence-electron chi connectivity index (χ2n) is 4.72. The number of halogens is 2. The Morgan fingerprint density at radius 3 is 2.80 bits per heavy atom. The molecule has 2 nitrogen and oxygen atoms in total. The Labute approximate surface area is 130 Å². The van der Waals surface area contributed by atoms with E-state index in [0.717, 1.165) is 26.7 Å². The van der Waals surface area contributed by atoms with Crippen LogP contribution in [-0.2, 0) is 6.54 Å². The summed E-state index contributed by atoms with van der Waals surface area (Å²) in [6.07, 6.45) is 0. The SMILES string of the molecule is Cc1cc(Br)cc(NCc2c(Cl)oc3ccccc23)c1. The molecule has 4 heteroatoms. The highest BCUT2D eigenvalue weighted by atomic mass is 79.9. The molecule has 0 aliphatic rings. The van der Waals surface area contributed by atoms with Gasteiger partial charge in [0.2, 0.25) is 0 Å². The fraction of sp³-hybridized carbons (Fsp3) is 0.125. The average molecular weight is 351 g/mol. The average Bonchev–Trinajstić information content (AvgIpc) is 2.71. The zero-order valence-electron chi connectivity index (χ0n) is 10.9. The lowest BCUT2D eigenvalue weighted by atomic mass is 10.1. The van der Waals surface area contributed by atoms with Gasteiger partial charge in [-0.3, -0.25) is 0 Å². The van der Waals surface area contributed by atoms with E-state index in [1.54, 1.807) is 0 Å². The maximum absolute atomic E-state index is 6.18. The molecular weight excluding hydrogens is 338 g/mol. The molecule has 0 spiro atoms. The maximum atomic E-state index is 6.18. The first-order chi connectivity index (χ1) is 9.63. The molecule has 20 heavy (non-hydrogen) atoms. The molecule has 0 aliphatic carbocycles. The van der Waals surface area contributed by atoms with E-state index in [-0.39, 0.29) is 0 Å². The van der Waals surface area contributed by atoms with Crippen LogP contribution in [0.4, 0.5) is 5.69 Å². The predicted molar refractivity (Wildman–Crippen MR) is 87.4 cm³/mol. The van der Waals surface area contributed by atoms with E-state index < -0.39 is 0 Å². The van der Waals surface area contributed by atoms with Crippen molar-refractivity contribution in [1.82, 2.24) is 0 Å². The third kappa shape index (κ3) is 2.69. The van der Waals surface area contributed by atoms with Crippen LogP contribution < -0.4 is 5.32 Å². The lowest BCUT2D eigenvalue weighted by molar-refractivity contribution is 0.613. The van der Waals surface area contributed by atoms with Crippen LogP contribution in [-0.4, -0.2) is 0 Å². The van der Waals surface area contributed by atoms with E-state index in [9.17, 15) is 0 Å². The van der Waals surface area contributed by atoms with Gasteiger partial charge < -0.3 is 9.73 Å². The van der Waals surface area contributed by atoms with Crippen LogP contribution >= 0.6 is 27.5 Å². The van der Waals surface area contributed by atoms with Crippen LogP contribution in [0.1, 0.15) is 11.1 Å².